The first-order chi connectivity index (χ1) is 9.50. The number of rotatable bonds is 3. The van der Waals surface area contributed by atoms with Crippen LogP contribution in [0.15, 0.2) is 42.5 Å². The largest absolute Gasteiger partial charge is 0.322 e. The summed E-state index contributed by atoms with van der Waals surface area (Å²) in [5.41, 5.74) is 4.36. The number of nitrogens with one attached hydrogen (secondary N) is 1. The van der Waals surface area contributed by atoms with Gasteiger partial charge in [0.2, 0.25) is 0 Å². The first kappa shape index (κ1) is 14.6. The highest BCUT2D eigenvalue weighted by Gasteiger charge is 2.14. The summed E-state index contributed by atoms with van der Waals surface area (Å²) in [6.45, 7) is 5.78. The quantitative estimate of drug-likeness (QED) is 0.803. The Labute approximate surface area is 124 Å². The Balaban J connectivity index is 2.33. The van der Waals surface area contributed by atoms with Crippen LogP contribution in [0.5, 0.6) is 0 Å². The fraction of sp³-hybridized carbons (Fsp3) is 0.235. The van der Waals surface area contributed by atoms with Gasteiger partial charge >= 0.3 is 0 Å². The molecule has 0 aromatic heterocycles. The van der Waals surface area contributed by atoms with Crippen LogP contribution in [0.2, 0.25) is 0 Å². The summed E-state index contributed by atoms with van der Waals surface area (Å²) >= 11 is 6.15. The molecule has 3 heteroatoms. The molecule has 0 spiro atoms. The number of aryl methyl sites for hydroxylation is 2. The summed E-state index contributed by atoms with van der Waals surface area (Å²) in [5.74, 6) is -0.0923. The molecule has 0 aliphatic carbocycles. The molecule has 1 N–H and O–H groups in total. The molecule has 20 heavy (non-hydrogen) atoms. The average Bonchev–Trinajstić information content (AvgIpc) is 2.38. The van der Waals surface area contributed by atoms with Crippen LogP contribution in [0, 0.1) is 13.8 Å². The number of alkyl halides is 1. The third-order valence-corrected chi connectivity index (χ3v) is 3.58. The summed E-state index contributed by atoms with van der Waals surface area (Å²) in [6, 6.07) is 13.5. The molecule has 0 heterocycles. The lowest BCUT2D eigenvalue weighted by molar-refractivity contribution is 0.102. The van der Waals surface area contributed by atoms with Crippen molar-refractivity contribution in [3.05, 3.63) is 64.7 Å². The highest BCUT2D eigenvalue weighted by Crippen LogP contribution is 2.27. The van der Waals surface area contributed by atoms with E-state index in [9.17, 15) is 4.79 Å². The van der Waals surface area contributed by atoms with E-state index < -0.39 is 0 Å². The number of benzene rings is 2. The molecule has 0 saturated carbocycles. The molecule has 0 bridgehead atoms. The average molecular weight is 288 g/mol. The lowest BCUT2D eigenvalue weighted by atomic mass is 10.0. The Kier molecular flexibility index (Phi) is 4.46. The van der Waals surface area contributed by atoms with E-state index in [1.807, 2.05) is 63.2 Å². The van der Waals surface area contributed by atoms with Gasteiger partial charge in [0.1, 0.15) is 0 Å². The molecule has 2 aromatic carbocycles. The molecular weight excluding hydrogens is 270 g/mol. The third-order valence-electron chi connectivity index (χ3n) is 3.35. The maximum absolute atomic E-state index is 12.5. The number of anilines is 1. The van der Waals surface area contributed by atoms with E-state index in [4.69, 9.17) is 11.6 Å². The van der Waals surface area contributed by atoms with E-state index in [-0.39, 0.29) is 11.3 Å². The van der Waals surface area contributed by atoms with Crippen molar-refractivity contribution in [3.8, 4) is 0 Å². The maximum atomic E-state index is 12.5. The molecule has 2 nitrogen and oxygen atoms in total. The van der Waals surface area contributed by atoms with E-state index in [1.54, 1.807) is 0 Å². The number of carbonyl (C=O) groups excluding carboxylic acids is 1. The van der Waals surface area contributed by atoms with Gasteiger partial charge in [0.15, 0.2) is 0 Å². The monoisotopic (exact) mass is 287 g/mol. The molecule has 0 radical (unpaired) electrons. The van der Waals surface area contributed by atoms with Gasteiger partial charge in [-0.25, -0.2) is 0 Å². The van der Waals surface area contributed by atoms with Crippen LogP contribution in [-0.4, -0.2) is 5.91 Å². The summed E-state index contributed by atoms with van der Waals surface area (Å²) in [4.78, 5) is 12.5. The van der Waals surface area contributed by atoms with Gasteiger partial charge in [0, 0.05) is 11.3 Å². The number of halogens is 1. The van der Waals surface area contributed by atoms with E-state index >= 15 is 0 Å². The van der Waals surface area contributed by atoms with Gasteiger partial charge in [-0.3, -0.25) is 4.79 Å². The van der Waals surface area contributed by atoms with Crippen molar-refractivity contribution >= 4 is 23.2 Å². The fourth-order valence-corrected chi connectivity index (χ4v) is 2.51. The summed E-state index contributed by atoms with van der Waals surface area (Å²) in [7, 11) is 0. The smallest absolute Gasteiger partial charge is 0.256 e. The van der Waals surface area contributed by atoms with Crippen molar-refractivity contribution in [3.63, 3.8) is 0 Å². The van der Waals surface area contributed by atoms with Crippen LogP contribution >= 0.6 is 11.6 Å². The Morgan fingerprint density at radius 3 is 2.25 bits per heavy atom. The van der Waals surface area contributed by atoms with Crippen molar-refractivity contribution in [1.29, 1.82) is 0 Å². The number of hydrogen-bond acceptors (Lipinski definition) is 1. The minimum Gasteiger partial charge on any atom is -0.322 e. The Bertz CT molecular complexity index is 614. The second kappa shape index (κ2) is 6.10. The zero-order valence-corrected chi connectivity index (χ0v) is 12.7. The van der Waals surface area contributed by atoms with E-state index in [2.05, 4.69) is 5.32 Å². The van der Waals surface area contributed by atoms with Gasteiger partial charge in [0.25, 0.3) is 5.91 Å². The second-order valence-electron chi connectivity index (χ2n) is 4.92. The van der Waals surface area contributed by atoms with Gasteiger partial charge in [-0.1, -0.05) is 36.4 Å². The predicted molar refractivity (Wildman–Crippen MR) is 84.6 cm³/mol. The molecular formula is C17H18ClNO. The highest BCUT2D eigenvalue weighted by molar-refractivity contribution is 6.21. The Morgan fingerprint density at radius 1 is 1.05 bits per heavy atom. The SMILES string of the molecule is Cc1cccc(C)c1C(=O)Nc1ccccc1C(C)Cl. The normalized spacial score (nSPS) is 12.0. The zero-order valence-electron chi connectivity index (χ0n) is 11.9. The van der Waals surface area contributed by atoms with Crippen molar-refractivity contribution in [2.24, 2.45) is 0 Å². The number of amides is 1. The minimum absolute atomic E-state index is 0.0923. The van der Waals surface area contributed by atoms with Crippen LogP contribution in [0.3, 0.4) is 0 Å². The molecule has 104 valence electrons. The molecule has 0 aliphatic rings. The molecule has 0 saturated heterocycles. The van der Waals surface area contributed by atoms with Crippen molar-refractivity contribution in [2.45, 2.75) is 26.1 Å². The number of hydrogen-bond donors (Lipinski definition) is 1. The molecule has 2 aromatic rings. The van der Waals surface area contributed by atoms with Gasteiger partial charge < -0.3 is 5.32 Å². The molecule has 0 fully saturated rings. The van der Waals surface area contributed by atoms with Crippen LogP contribution < -0.4 is 5.32 Å². The summed E-state index contributed by atoms with van der Waals surface area (Å²) in [5, 5.41) is 2.82. The van der Waals surface area contributed by atoms with Crippen molar-refractivity contribution in [2.75, 3.05) is 5.32 Å². The lowest BCUT2D eigenvalue weighted by Crippen LogP contribution is -2.16. The molecule has 1 atom stereocenters. The number of para-hydroxylation sites is 1. The third kappa shape index (κ3) is 3.02. The van der Waals surface area contributed by atoms with Crippen molar-refractivity contribution < 1.29 is 4.79 Å². The first-order valence-corrected chi connectivity index (χ1v) is 7.05. The van der Waals surface area contributed by atoms with Gasteiger partial charge in [-0.15, -0.1) is 11.6 Å². The zero-order chi connectivity index (χ0) is 14.7. The van der Waals surface area contributed by atoms with Crippen LogP contribution in [-0.2, 0) is 0 Å². The van der Waals surface area contributed by atoms with E-state index in [0.717, 1.165) is 27.9 Å². The topological polar surface area (TPSA) is 29.1 Å². The fourth-order valence-electron chi connectivity index (χ4n) is 2.32. The standard InChI is InChI=1S/C17H18ClNO/c1-11-7-6-8-12(2)16(11)17(20)19-15-10-5-4-9-14(15)13(3)18/h4-10,13H,1-3H3,(H,19,20). The molecule has 0 aliphatic heterocycles. The first-order valence-electron chi connectivity index (χ1n) is 6.61. The maximum Gasteiger partial charge on any atom is 0.256 e. The molecule has 2 rings (SSSR count). The summed E-state index contributed by atoms with van der Waals surface area (Å²) < 4.78 is 0. The van der Waals surface area contributed by atoms with Crippen LogP contribution in [0.25, 0.3) is 0 Å². The van der Waals surface area contributed by atoms with Crippen LogP contribution in [0.4, 0.5) is 5.69 Å². The van der Waals surface area contributed by atoms with Crippen molar-refractivity contribution in [1.82, 2.24) is 0 Å². The summed E-state index contributed by atoms with van der Waals surface area (Å²) in [6.07, 6.45) is 0. The molecule has 1 unspecified atom stereocenters. The Hall–Kier alpha value is -1.80. The van der Waals surface area contributed by atoms with E-state index in [1.165, 1.54) is 0 Å². The van der Waals surface area contributed by atoms with Gasteiger partial charge in [-0.05, 0) is 43.5 Å². The van der Waals surface area contributed by atoms with Gasteiger partial charge in [-0.2, -0.15) is 0 Å². The highest BCUT2D eigenvalue weighted by atomic mass is 35.5. The van der Waals surface area contributed by atoms with E-state index in [0.29, 0.717) is 0 Å². The number of carbonyl (C=O) groups is 1. The second-order valence-corrected chi connectivity index (χ2v) is 5.58. The van der Waals surface area contributed by atoms with Gasteiger partial charge in [0.05, 0.1) is 5.38 Å². The minimum atomic E-state index is -0.149. The van der Waals surface area contributed by atoms with Crippen LogP contribution in [0.1, 0.15) is 39.3 Å². The Morgan fingerprint density at radius 2 is 1.65 bits per heavy atom. The lowest BCUT2D eigenvalue weighted by Gasteiger charge is -2.14. The molecule has 1 amide bonds. The predicted octanol–water partition coefficient (Wildman–Crippen LogP) is 4.86.